The normalized spacial score (nSPS) is 18.4. The molecular formula is C13H14OS. The highest BCUT2D eigenvalue weighted by atomic mass is 32.2. The lowest BCUT2D eigenvalue weighted by atomic mass is 9.96. The molecule has 1 aliphatic heterocycles. The van der Waals surface area contributed by atoms with Crippen LogP contribution in [-0.2, 0) is 4.79 Å². The van der Waals surface area contributed by atoms with Crippen LogP contribution in [0, 0.1) is 0 Å². The Morgan fingerprint density at radius 1 is 1.40 bits per heavy atom. The van der Waals surface area contributed by atoms with Crippen LogP contribution in [0.5, 0.6) is 0 Å². The van der Waals surface area contributed by atoms with E-state index in [4.69, 9.17) is 0 Å². The minimum absolute atomic E-state index is 0.0705. The van der Waals surface area contributed by atoms with E-state index in [2.05, 4.69) is 12.1 Å². The summed E-state index contributed by atoms with van der Waals surface area (Å²) < 4.78 is 0. The van der Waals surface area contributed by atoms with Crippen LogP contribution in [0.3, 0.4) is 0 Å². The Hall–Kier alpha value is -1.02. The topological polar surface area (TPSA) is 17.1 Å². The summed E-state index contributed by atoms with van der Waals surface area (Å²) >= 11 is 1.78. The van der Waals surface area contributed by atoms with E-state index >= 15 is 0 Å². The van der Waals surface area contributed by atoms with Crippen molar-refractivity contribution in [2.45, 2.75) is 24.7 Å². The number of ketones is 1. The maximum atomic E-state index is 11.9. The fourth-order valence-corrected chi connectivity index (χ4v) is 3.03. The quantitative estimate of drug-likeness (QED) is 0.708. The Morgan fingerprint density at radius 3 is 2.87 bits per heavy atom. The maximum absolute atomic E-state index is 11.9. The summed E-state index contributed by atoms with van der Waals surface area (Å²) in [6.07, 6.45) is 1.76. The average Bonchev–Trinajstić information content (AvgIpc) is 2.59. The van der Waals surface area contributed by atoms with Gasteiger partial charge in [0.25, 0.3) is 0 Å². The molecule has 1 unspecified atom stereocenters. The Balaban J connectivity index is 2.28. The molecule has 2 heteroatoms. The van der Waals surface area contributed by atoms with Crippen LogP contribution in [0.15, 0.2) is 40.8 Å². The van der Waals surface area contributed by atoms with E-state index in [0.717, 1.165) is 11.3 Å². The van der Waals surface area contributed by atoms with Crippen LogP contribution in [0.4, 0.5) is 0 Å². The molecule has 0 radical (unpaired) electrons. The van der Waals surface area contributed by atoms with Crippen molar-refractivity contribution in [1.29, 1.82) is 0 Å². The lowest BCUT2D eigenvalue weighted by molar-refractivity contribution is -0.115. The highest BCUT2D eigenvalue weighted by molar-refractivity contribution is 7.99. The highest BCUT2D eigenvalue weighted by Crippen LogP contribution is 2.39. The van der Waals surface area contributed by atoms with E-state index in [-0.39, 0.29) is 11.7 Å². The summed E-state index contributed by atoms with van der Waals surface area (Å²) in [4.78, 5) is 13.2. The maximum Gasteiger partial charge on any atom is 0.163 e. The number of thioether (sulfide) groups is 1. The van der Waals surface area contributed by atoms with Crippen molar-refractivity contribution in [3.63, 3.8) is 0 Å². The molecule has 2 rings (SSSR count). The first-order chi connectivity index (χ1) is 7.18. The fourth-order valence-electron chi connectivity index (χ4n) is 1.78. The Morgan fingerprint density at radius 2 is 2.13 bits per heavy atom. The molecular weight excluding hydrogens is 204 g/mol. The van der Waals surface area contributed by atoms with E-state index in [9.17, 15) is 4.79 Å². The van der Waals surface area contributed by atoms with E-state index in [1.165, 1.54) is 10.5 Å². The predicted octanol–water partition coefficient (Wildman–Crippen LogP) is 3.41. The molecule has 1 aromatic rings. The summed E-state index contributed by atoms with van der Waals surface area (Å²) in [5, 5.41) is 0. The first-order valence-corrected chi connectivity index (χ1v) is 6.07. The Bertz CT molecular complexity index is 416. The molecule has 1 heterocycles. The Labute approximate surface area is 94.6 Å². The lowest BCUT2D eigenvalue weighted by Crippen LogP contribution is -2.09. The van der Waals surface area contributed by atoms with Gasteiger partial charge in [-0.2, -0.15) is 0 Å². The van der Waals surface area contributed by atoms with Crippen molar-refractivity contribution in [2.24, 2.45) is 0 Å². The van der Waals surface area contributed by atoms with Crippen molar-refractivity contribution >= 4 is 17.5 Å². The average molecular weight is 218 g/mol. The molecule has 0 aromatic heterocycles. The van der Waals surface area contributed by atoms with Gasteiger partial charge in [0.05, 0.1) is 5.92 Å². The second-order valence-corrected chi connectivity index (χ2v) is 5.09. The second kappa shape index (κ2) is 4.23. The molecule has 15 heavy (non-hydrogen) atoms. The molecule has 0 bridgehead atoms. The second-order valence-electron chi connectivity index (χ2n) is 4.03. The zero-order valence-electron chi connectivity index (χ0n) is 8.99. The summed E-state index contributed by atoms with van der Waals surface area (Å²) in [6.45, 7) is 3.93. The third-order valence-corrected chi connectivity index (χ3v) is 3.66. The van der Waals surface area contributed by atoms with Gasteiger partial charge in [0.15, 0.2) is 5.78 Å². The first-order valence-electron chi connectivity index (χ1n) is 5.09. The molecule has 78 valence electrons. The summed E-state index contributed by atoms with van der Waals surface area (Å²) in [7, 11) is 0. The summed E-state index contributed by atoms with van der Waals surface area (Å²) in [5.74, 6) is 1.20. The summed E-state index contributed by atoms with van der Waals surface area (Å²) in [5.41, 5.74) is 2.28. The van der Waals surface area contributed by atoms with Gasteiger partial charge in [-0.1, -0.05) is 23.8 Å². The van der Waals surface area contributed by atoms with Gasteiger partial charge in [-0.15, -0.1) is 11.8 Å². The number of rotatable bonds is 2. The van der Waals surface area contributed by atoms with E-state index in [1.54, 1.807) is 17.8 Å². The SMILES string of the molecule is CC(C)=CC(=O)C1CSc2ccccc21. The van der Waals surface area contributed by atoms with Crippen LogP contribution in [0.1, 0.15) is 25.3 Å². The van der Waals surface area contributed by atoms with Crippen molar-refractivity contribution in [2.75, 3.05) is 5.75 Å². The van der Waals surface area contributed by atoms with Crippen LogP contribution in [0.25, 0.3) is 0 Å². The molecule has 0 aliphatic carbocycles. The van der Waals surface area contributed by atoms with Crippen LogP contribution in [0.2, 0.25) is 0 Å². The van der Waals surface area contributed by atoms with Crippen LogP contribution < -0.4 is 0 Å². The molecule has 0 amide bonds. The number of carbonyl (C=O) groups excluding carboxylic acids is 1. The summed E-state index contributed by atoms with van der Waals surface area (Å²) in [6, 6.07) is 8.19. The van der Waals surface area contributed by atoms with Crippen molar-refractivity contribution < 1.29 is 4.79 Å². The third-order valence-electron chi connectivity index (χ3n) is 2.47. The minimum Gasteiger partial charge on any atom is -0.294 e. The molecule has 0 fully saturated rings. The number of hydrogen-bond donors (Lipinski definition) is 0. The van der Waals surface area contributed by atoms with Gasteiger partial charge < -0.3 is 0 Å². The zero-order chi connectivity index (χ0) is 10.8. The molecule has 0 spiro atoms. The van der Waals surface area contributed by atoms with Gasteiger partial charge in [0.2, 0.25) is 0 Å². The third kappa shape index (κ3) is 2.15. The van der Waals surface area contributed by atoms with Crippen LogP contribution >= 0.6 is 11.8 Å². The fraction of sp³-hybridized carbons (Fsp3) is 0.308. The lowest BCUT2D eigenvalue weighted by Gasteiger charge is -2.06. The predicted molar refractivity (Wildman–Crippen MR) is 64.3 cm³/mol. The van der Waals surface area contributed by atoms with Crippen LogP contribution in [-0.4, -0.2) is 11.5 Å². The van der Waals surface area contributed by atoms with Crippen molar-refractivity contribution in [3.8, 4) is 0 Å². The van der Waals surface area contributed by atoms with Crippen molar-refractivity contribution in [1.82, 2.24) is 0 Å². The molecule has 0 saturated carbocycles. The van der Waals surface area contributed by atoms with Gasteiger partial charge in [-0.3, -0.25) is 4.79 Å². The van der Waals surface area contributed by atoms with E-state index < -0.39 is 0 Å². The molecule has 0 N–H and O–H groups in total. The number of fused-ring (bicyclic) bond motifs is 1. The standard InChI is InChI=1S/C13H14OS/c1-9(2)7-12(14)11-8-15-13-6-4-3-5-10(11)13/h3-7,11H,8H2,1-2H3. The van der Waals surface area contributed by atoms with Gasteiger partial charge in [-0.05, 0) is 31.6 Å². The monoisotopic (exact) mass is 218 g/mol. The molecule has 1 atom stereocenters. The van der Waals surface area contributed by atoms with E-state index in [1.807, 2.05) is 26.0 Å². The minimum atomic E-state index is 0.0705. The largest absolute Gasteiger partial charge is 0.294 e. The van der Waals surface area contributed by atoms with E-state index in [0.29, 0.717) is 0 Å². The first kappa shape index (κ1) is 10.5. The molecule has 1 aromatic carbocycles. The smallest absolute Gasteiger partial charge is 0.163 e. The Kier molecular flexibility index (Phi) is 2.96. The molecule has 0 saturated heterocycles. The molecule has 1 aliphatic rings. The number of carbonyl (C=O) groups is 1. The zero-order valence-corrected chi connectivity index (χ0v) is 9.80. The molecule has 1 nitrogen and oxygen atoms in total. The van der Waals surface area contributed by atoms with Gasteiger partial charge in [0, 0.05) is 10.6 Å². The highest BCUT2D eigenvalue weighted by Gasteiger charge is 2.27. The van der Waals surface area contributed by atoms with Gasteiger partial charge in [0.1, 0.15) is 0 Å². The van der Waals surface area contributed by atoms with Crippen molar-refractivity contribution in [3.05, 3.63) is 41.5 Å². The van der Waals surface area contributed by atoms with Gasteiger partial charge in [-0.25, -0.2) is 0 Å². The van der Waals surface area contributed by atoms with Gasteiger partial charge >= 0.3 is 0 Å². The number of hydrogen-bond acceptors (Lipinski definition) is 2. The number of allylic oxidation sites excluding steroid dienone is 2. The number of benzene rings is 1.